The van der Waals surface area contributed by atoms with E-state index in [0.29, 0.717) is 23.7 Å². The van der Waals surface area contributed by atoms with E-state index in [1.54, 1.807) is 0 Å². The lowest BCUT2D eigenvalue weighted by Gasteiger charge is -2.26. The lowest BCUT2D eigenvalue weighted by atomic mass is 9.97. The molecule has 2 rings (SSSR count). The SMILES string of the molecule is NC(=O)c1ccc(Cl)cc1NC1(C(=O)O)CCOC1. The molecule has 0 aliphatic carbocycles. The third-order valence-corrected chi connectivity index (χ3v) is 3.29. The van der Waals surface area contributed by atoms with E-state index in [1.807, 2.05) is 0 Å². The number of carboxylic acids is 1. The summed E-state index contributed by atoms with van der Waals surface area (Å²) < 4.78 is 5.13. The highest BCUT2D eigenvalue weighted by Crippen LogP contribution is 2.28. The van der Waals surface area contributed by atoms with Crippen LogP contribution in [0, 0.1) is 0 Å². The van der Waals surface area contributed by atoms with E-state index in [0.717, 1.165) is 0 Å². The number of primary amides is 1. The Balaban J connectivity index is 2.39. The third-order valence-electron chi connectivity index (χ3n) is 3.05. The summed E-state index contributed by atoms with van der Waals surface area (Å²) in [5, 5.41) is 12.5. The van der Waals surface area contributed by atoms with Crippen molar-refractivity contribution in [3.05, 3.63) is 28.8 Å². The van der Waals surface area contributed by atoms with Crippen molar-refractivity contribution in [3.8, 4) is 0 Å². The van der Waals surface area contributed by atoms with Crippen LogP contribution in [-0.4, -0.2) is 35.7 Å². The van der Waals surface area contributed by atoms with Gasteiger partial charge in [-0.1, -0.05) is 11.6 Å². The molecule has 6 nitrogen and oxygen atoms in total. The van der Waals surface area contributed by atoms with Crippen LogP contribution >= 0.6 is 11.6 Å². The topological polar surface area (TPSA) is 102 Å². The van der Waals surface area contributed by atoms with Gasteiger partial charge in [0.2, 0.25) is 0 Å². The summed E-state index contributed by atoms with van der Waals surface area (Å²) in [6.45, 7) is 0.360. The number of rotatable bonds is 4. The normalized spacial score (nSPS) is 22.2. The molecule has 0 saturated carbocycles. The zero-order valence-electron chi connectivity index (χ0n) is 9.98. The second-order valence-corrected chi connectivity index (χ2v) is 4.81. The molecule has 1 atom stereocenters. The van der Waals surface area contributed by atoms with Crippen LogP contribution in [-0.2, 0) is 9.53 Å². The van der Waals surface area contributed by atoms with Gasteiger partial charge in [-0.05, 0) is 18.2 Å². The maximum Gasteiger partial charge on any atom is 0.331 e. The fourth-order valence-corrected chi connectivity index (χ4v) is 2.15. The van der Waals surface area contributed by atoms with Crippen LogP contribution in [0.4, 0.5) is 5.69 Å². The van der Waals surface area contributed by atoms with Gasteiger partial charge in [0.15, 0.2) is 5.54 Å². The number of halogens is 1. The smallest absolute Gasteiger partial charge is 0.331 e. The first-order valence-electron chi connectivity index (χ1n) is 5.63. The fraction of sp³-hybridized carbons (Fsp3) is 0.333. The van der Waals surface area contributed by atoms with E-state index < -0.39 is 17.4 Å². The van der Waals surface area contributed by atoms with Gasteiger partial charge >= 0.3 is 5.97 Å². The largest absolute Gasteiger partial charge is 0.479 e. The highest BCUT2D eigenvalue weighted by molar-refractivity contribution is 6.31. The zero-order valence-corrected chi connectivity index (χ0v) is 10.7. The maximum atomic E-state index is 11.4. The summed E-state index contributed by atoms with van der Waals surface area (Å²) in [6, 6.07) is 4.45. The van der Waals surface area contributed by atoms with Crippen LogP contribution in [0.5, 0.6) is 0 Å². The molecule has 102 valence electrons. The van der Waals surface area contributed by atoms with Crippen molar-refractivity contribution in [2.75, 3.05) is 18.5 Å². The molecule has 1 unspecified atom stereocenters. The van der Waals surface area contributed by atoms with Crippen LogP contribution in [0.25, 0.3) is 0 Å². The molecule has 7 heteroatoms. The van der Waals surface area contributed by atoms with Crippen molar-refractivity contribution in [1.29, 1.82) is 0 Å². The van der Waals surface area contributed by atoms with Crippen molar-refractivity contribution in [2.24, 2.45) is 5.73 Å². The van der Waals surface area contributed by atoms with Gasteiger partial charge in [-0.25, -0.2) is 4.79 Å². The molecule has 1 aliphatic heterocycles. The molecule has 4 N–H and O–H groups in total. The van der Waals surface area contributed by atoms with Crippen LogP contribution in [0.2, 0.25) is 5.02 Å². The summed E-state index contributed by atoms with van der Waals surface area (Å²) in [6.07, 6.45) is 0.299. The Bertz CT molecular complexity index is 526. The predicted molar refractivity (Wildman–Crippen MR) is 69.4 cm³/mol. The number of hydrogen-bond donors (Lipinski definition) is 3. The summed E-state index contributed by atoms with van der Waals surface area (Å²) in [7, 11) is 0. The minimum atomic E-state index is -1.26. The van der Waals surface area contributed by atoms with Crippen molar-refractivity contribution >= 4 is 29.2 Å². The number of hydrogen-bond acceptors (Lipinski definition) is 4. The van der Waals surface area contributed by atoms with E-state index in [4.69, 9.17) is 22.1 Å². The van der Waals surface area contributed by atoms with Gasteiger partial charge in [-0.15, -0.1) is 0 Å². The monoisotopic (exact) mass is 284 g/mol. The van der Waals surface area contributed by atoms with Crippen molar-refractivity contribution < 1.29 is 19.4 Å². The number of carbonyl (C=O) groups excluding carboxylic acids is 1. The molecule has 1 aromatic carbocycles. The number of nitrogens with one attached hydrogen (secondary N) is 1. The van der Waals surface area contributed by atoms with Crippen molar-refractivity contribution in [2.45, 2.75) is 12.0 Å². The van der Waals surface area contributed by atoms with E-state index in [-0.39, 0.29) is 12.2 Å². The molecular weight excluding hydrogens is 272 g/mol. The van der Waals surface area contributed by atoms with E-state index >= 15 is 0 Å². The van der Waals surface area contributed by atoms with Gasteiger partial charge in [0, 0.05) is 23.7 Å². The minimum Gasteiger partial charge on any atom is -0.479 e. The van der Waals surface area contributed by atoms with Gasteiger partial charge in [0.05, 0.1) is 12.2 Å². The summed E-state index contributed by atoms with van der Waals surface area (Å²) in [5.74, 6) is -1.70. The highest BCUT2D eigenvalue weighted by atomic mass is 35.5. The Morgan fingerprint density at radius 3 is 2.74 bits per heavy atom. The molecule has 0 bridgehead atoms. The van der Waals surface area contributed by atoms with Crippen LogP contribution in [0.3, 0.4) is 0 Å². The van der Waals surface area contributed by atoms with E-state index in [1.165, 1.54) is 18.2 Å². The first-order valence-corrected chi connectivity index (χ1v) is 6.01. The predicted octanol–water partition coefficient (Wildman–Crippen LogP) is 1.09. The first kappa shape index (κ1) is 13.6. The number of nitrogens with two attached hydrogens (primary N) is 1. The average Bonchev–Trinajstić information content (AvgIpc) is 2.78. The maximum absolute atomic E-state index is 11.4. The first-order chi connectivity index (χ1) is 8.94. The molecule has 0 spiro atoms. The van der Waals surface area contributed by atoms with Gasteiger partial charge < -0.3 is 20.9 Å². The molecule has 19 heavy (non-hydrogen) atoms. The van der Waals surface area contributed by atoms with Crippen molar-refractivity contribution in [3.63, 3.8) is 0 Å². The number of ether oxygens (including phenoxy) is 1. The van der Waals surface area contributed by atoms with Crippen LogP contribution in [0.15, 0.2) is 18.2 Å². The van der Waals surface area contributed by atoms with Gasteiger partial charge in [-0.3, -0.25) is 4.79 Å². The lowest BCUT2D eigenvalue weighted by Crippen LogP contribution is -2.47. The second kappa shape index (κ2) is 5.07. The third kappa shape index (κ3) is 2.64. The van der Waals surface area contributed by atoms with Crippen LogP contribution in [0.1, 0.15) is 16.8 Å². The summed E-state index contributed by atoms with van der Waals surface area (Å²) in [4.78, 5) is 22.7. The van der Waals surface area contributed by atoms with Crippen molar-refractivity contribution in [1.82, 2.24) is 0 Å². The number of amides is 1. The van der Waals surface area contributed by atoms with Gasteiger partial charge in [-0.2, -0.15) is 0 Å². The Morgan fingerprint density at radius 1 is 1.47 bits per heavy atom. The summed E-state index contributed by atoms with van der Waals surface area (Å²) in [5.41, 5.74) is 4.49. The lowest BCUT2D eigenvalue weighted by molar-refractivity contribution is -0.142. The quantitative estimate of drug-likeness (QED) is 0.768. The Kier molecular flexibility index (Phi) is 3.64. The number of carbonyl (C=O) groups is 2. The molecule has 0 aromatic heterocycles. The molecule has 0 radical (unpaired) electrons. The Labute approximate surface area is 114 Å². The number of carboxylic acid groups (broad SMARTS) is 1. The molecule has 1 aromatic rings. The number of aliphatic carboxylic acids is 1. The molecule has 1 saturated heterocycles. The molecule has 1 amide bonds. The zero-order chi connectivity index (χ0) is 14.0. The average molecular weight is 285 g/mol. The fourth-order valence-electron chi connectivity index (χ4n) is 1.98. The second-order valence-electron chi connectivity index (χ2n) is 4.37. The molecular formula is C12H13ClN2O4. The standard InChI is InChI=1S/C12H13ClN2O4/c13-7-1-2-8(10(14)16)9(5-7)15-12(11(17)18)3-4-19-6-12/h1-2,5,15H,3-4,6H2,(H2,14,16)(H,17,18). The van der Waals surface area contributed by atoms with E-state index in [9.17, 15) is 14.7 Å². The number of benzene rings is 1. The van der Waals surface area contributed by atoms with Gasteiger partial charge in [0.25, 0.3) is 5.91 Å². The molecule has 1 aliphatic rings. The van der Waals surface area contributed by atoms with E-state index in [2.05, 4.69) is 5.32 Å². The minimum absolute atomic E-state index is 0.0209. The number of anilines is 1. The highest BCUT2D eigenvalue weighted by Gasteiger charge is 2.43. The van der Waals surface area contributed by atoms with Gasteiger partial charge in [0.1, 0.15) is 0 Å². The Morgan fingerprint density at radius 2 is 2.21 bits per heavy atom. The Hall–Kier alpha value is -1.79. The molecule has 1 fully saturated rings. The van der Waals surface area contributed by atoms with Crippen LogP contribution < -0.4 is 11.1 Å². The summed E-state index contributed by atoms with van der Waals surface area (Å²) >= 11 is 5.86. The molecule has 1 heterocycles.